The first-order valence-corrected chi connectivity index (χ1v) is 7.91. The van der Waals surface area contributed by atoms with Crippen molar-refractivity contribution in [1.29, 1.82) is 0 Å². The molecule has 2 aliphatic rings. The Morgan fingerprint density at radius 3 is 2.76 bits per heavy atom. The van der Waals surface area contributed by atoms with E-state index in [-0.39, 0.29) is 5.84 Å². The van der Waals surface area contributed by atoms with Gasteiger partial charge in [0.05, 0.1) is 11.3 Å². The van der Waals surface area contributed by atoms with Gasteiger partial charge in [0.25, 0.3) is 0 Å². The monoisotopic (exact) mass is 291 g/mol. The number of nitrogens with two attached hydrogens (primary N) is 1. The molecular weight excluding hydrogens is 266 g/mol. The van der Waals surface area contributed by atoms with E-state index in [0.29, 0.717) is 6.04 Å². The quantitative estimate of drug-likeness (QED) is 0.378. The molecule has 1 saturated heterocycles. The molecule has 0 unspecified atom stereocenters. The van der Waals surface area contributed by atoms with E-state index in [0.717, 1.165) is 29.5 Å². The van der Waals surface area contributed by atoms with Crippen LogP contribution in [0.1, 0.15) is 49.8 Å². The van der Waals surface area contributed by atoms with Crippen molar-refractivity contribution in [3.63, 3.8) is 0 Å². The zero-order chi connectivity index (χ0) is 15.0. The van der Waals surface area contributed by atoms with Crippen molar-refractivity contribution in [3.8, 4) is 0 Å². The van der Waals surface area contributed by atoms with Crippen LogP contribution in [0.2, 0.25) is 0 Å². The number of piperidine rings is 1. The molecule has 116 valence electrons. The van der Waals surface area contributed by atoms with Crippen molar-refractivity contribution < 1.29 is 5.21 Å². The molecule has 0 amide bonds. The van der Waals surface area contributed by atoms with Gasteiger partial charge in [-0.15, -0.1) is 0 Å². The third kappa shape index (κ3) is 2.36. The Kier molecular flexibility index (Phi) is 3.78. The molecule has 3 N–H and O–H groups in total. The summed E-state index contributed by atoms with van der Waals surface area (Å²) in [6, 6.07) is 0.576. The Bertz CT molecular complexity index is 549. The summed E-state index contributed by atoms with van der Waals surface area (Å²) in [5.74, 6) is 1.95. The molecule has 0 spiro atoms. The van der Waals surface area contributed by atoms with Crippen molar-refractivity contribution in [2.24, 2.45) is 23.9 Å². The molecule has 6 heteroatoms. The molecule has 2 heterocycles. The van der Waals surface area contributed by atoms with Crippen LogP contribution in [0.5, 0.6) is 0 Å². The lowest BCUT2D eigenvalue weighted by Crippen LogP contribution is -2.48. The molecular formula is C15H25N5O. The standard InChI is InChI=1S/C15H25N5O/c1-10-13(14(16)18-21)15(19(2)17-10)20-9-5-7-11-6-3-4-8-12(11)20/h11-12,21H,3-9H2,1-2H3,(H2,16,18)/t11-,12-/m1/s1. The van der Waals surface area contributed by atoms with Gasteiger partial charge in [0.15, 0.2) is 5.84 Å². The van der Waals surface area contributed by atoms with Crippen molar-refractivity contribution >= 4 is 11.7 Å². The van der Waals surface area contributed by atoms with E-state index < -0.39 is 0 Å². The maximum atomic E-state index is 9.08. The number of hydrogen-bond donors (Lipinski definition) is 2. The first-order chi connectivity index (χ1) is 10.1. The Labute approximate surface area is 125 Å². The van der Waals surface area contributed by atoms with Crippen LogP contribution in [0.25, 0.3) is 0 Å². The van der Waals surface area contributed by atoms with Crippen LogP contribution >= 0.6 is 0 Å². The molecule has 1 saturated carbocycles. The van der Waals surface area contributed by atoms with Crippen LogP contribution in [0.3, 0.4) is 0 Å². The normalized spacial score (nSPS) is 26.8. The number of hydrogen-bond acceptors (Lipinski definition) is 4. The molecule has 1 aliphatic heterocycles. The highest BCUT2D eigenvalue weighted by Gasteiger charge is 2.36. The van der Waals surface area contributed by atoms with Gasteiger partial charge < -0.3 is 15.8 Å². The zero-order valence-electron chi connectivity index (χ0n) is 12.9. The lowest BCUT2D eigenvalue weighted by molar-refractivity contribution is 0.241. The van der Waals surface area contributed by atoms with Gasteiger partial charge in [0, 0.05) is 19.6 Å². The highest BCUT2D eigenvalue weighted by atomic mass is 16.4. The number of rotatable bonds is 2. The van der Waals surface area contributed by atoms with E-state index in [2.05, 4.69) is 15.2 Å². The minimum atomic E-state index is 0.161. The second-order valence-electron chi connectivity index (χ2n) is 6.34. The third-order valence-electron chi connectivity index (χ3n) is 5.07. The maximum Gasteiger partial charge on any atom is 0.175 e. The summed E-state index contributed by atoms with van der Waals surface area (Å²) in [4.78, 5) is 2.46. The summed E-state index contributed by atoms with van der Waals surface area (Å²) in [5, 5.41) is 16.8. The van der Waals surface area contributed by atoms with Gasteiger partial charge in [-0.1, -0.05) is 18.0 Å². The van der Waals surface area contributed by atoms with E-state index >= 15 is 0 Å². The average Bonchev–Trinajstić information content (AvgIpc) is 2.80. The molecule has 21 heavy (non-hydrogen) atoms. The Hall–Kier alpha value is -1.72. The fourth-order valence-corrected chi connectivity index (χ4v) is 4.21. The molecule has 1 aromatic rings. The molecule has 1 aromatic heterocycles. The summed E-state index contributed by atoms with van der Waals surface area (Å²) in [6.07, 6.45) is 7.76. The molecule has 3 rings (SSSR count). The molecule has 6 nitrogen and oxygen atoms in total. The van der Waals surface area contributed by atoms with Crippen LogP contribution < -0.4 is 10.6 Å². The van der Waals surface area contributed by atoms with Crippen LogP contribution in [-0.4, -0.2) is 33.4 Å². The maximum absolute atomic E-state index is 9.08. The summed E-state index contributed by atoms with van der Waals surface area (Å²) in [5.41, 5.74) is 7.51. The van der Waals surface area contributed by atoms with E-state index in [1.165, 1.54) is 38.5 Å². The number of nitrogens with zero attached hydrogens (tertiary/aromatic N) is 4. The highest BCUT2D eigenvalue weighted by molar-refractivity contribution is 6.02. The molecule has 0 aromatic carbocycles. The number of anilines is 1. The largest absolute Gasteiger partial charge is 0.409 e. The van der Waals surface area contributed by atoms with Crippen LogP contribution in [0.15, 0.2) is 5.16 Å². The predicted octanol–water partition coefficient (Wildman–Crippen LogP) is 1.98. The van der Waals surface area contributed by atoms with Gasteiger partial charge in [0.2, 0.25) is 0 Å². The Morgan fingerprint density at radius 1 is 1.29 bits per heavy atom. The zero-order valence-corrected chi connectivity index (χ0v) is 12.9. The third-order valence-corrected chi connectivity index (χ3v) is 5.07. The van der Waals surface area contributed by atoms with Gasteiger partial charge >= 0.3 is 0 Å². The fraction of sp³-hybridized carbons (Fsp3) is 0.733. The smallest absolute Gasteiger partial charge is 0.175 e. The van der Waals surface area contributed by atoms with Gasteiger partial charge in [0.1, 0.15) is 5.82 Å². The lowest BCUT2D eigenvalue weighted by Gasteiger charge is -2.45. The van der Waals surface area contributed by atoms with Crippen LogP contribution in [-0.2, 0) is 7.05 Å². The topological polar surface area (TPSA) is 79.7 Å². The Balaban J connectivity index is 2.02. The second-order valence-corrected chi connectivity index (χ2v) is 6.34. The number of fused-ring (bicyclic) bond motifs is 1. The minimum Gasteiger partial charge on any atom is -0.409 e. The van der Waals surface area contributed by atoms with Crippen molar-refractivity contribution in [2.45, 2.75) is 51.5 Å². The molecule has 1 aliphatic carbocycles. The van der Waals surface area contributed by atoms with E-state index in [9.17, 15) is 0 Å². The van der Waals surface area contributed by atoms with Gasteiger partial charge in [-0.2, -0.15) is 5.10 Å². The number of aromatic nitrogens is 2. The number of oxime groups is 1. The lowest BCUT2D eigenvalue weighted by atomic mass is 9.78. The van der Waals surface area contributed by atoms with E-state index in [4.69, 9.17) is 10.9 Å². The first kappa shape index (κ1) is 14.2. The van der Waals surface area contributed by atoms with E-state index in [1.54, 1.807) is 0 Å². The summed E-state index contributed by atoms with van der Waals surface area (Å²) in [7, 11) is 1.95. The average molecular weight is 291 g/mol. The van der Waals surface area contributed by atoms with Gasteiger partial charge in [-0.05, 0) is 38.5 Å². The predicted molar refractivity (Wildman–Crippen MR) is 82.8 cm³/mol. The first-order valence-electron chi connectivity index (χ1n) is 7.91. The van der Waals surface area contributed by atoms with Gasteiger partial charge in [-0.3, -0.25) is 4.68 Å². The fourth-order valence-electron chi connectivity index (χ4n) is 4.21. The Morgan fingerprint density at radius 2 is 2.00 bits per heavy atom. The summed E-state index contributed by atoms with van der Waals surface area (Å²) in [6.45, 7) is 2.95. The van der Waals surface area contributed by atoms with E-state index in [1.807, 2.05) is 18.7 Å². The van der Waals surface area contributed by atoms with Crippen LogP contribution in [0.4, 0.5) is 5.82 Å². The molecule has 2 atom stereocenters. The van der Waals surface area contributed by atoms with Crippen molar-refractivity contribution in [3.05, 3.63) is 11.3 Å². The highest BCUT2D eigenvalue weighted by Crippen LogP contribution is 2.39. The molecule has 0 bridgehead atoms. The SMILES string of the molecule is Cc1nn(C)c(N2CCC[C@H]3CCCC[C@H]32)c1C(N)=NO. The molecule has 2 fully saturated rings. The minimum absolute atomic E-state index is 0.161. The summed E-state index contributed by atoms with van der Waals surface area (Å²) >= 11 is 0. The second kappa shape index (κ2) is 5.58. The van der Waals surface area contributed by atoms with Crippen LogP contribution in [0, 0.1) is 12.8 Å². The number of aryl methyl sites for hydroxylation is 2. The van der Waals surface area contributed by atoms with Crippen molar-refractivity contribution in [2.75, 3.05) is 11.4 Å². The molecule has 0 radical (unpaired) electrons. The van der Waals surface area contributed by atoms with Gasteiger partial charge in [-0.25, -0.2) is 0 Å². The number of amidine groups is 1. The summed E-state index contributed by atoms with van der Waals surface area (Å²) < 4.78 is 1.89. The van der Waals surface area contributed by atoms with Crippen molar-refractivity contribution in [1.82, 2.24) is 9.78 Å².